The molecule has 0 radical (unpaired) electrons. The Kier molecular flexibility index (Phi) is 7.43. The fraction of sp³-hybridized carbons (Fsp3) is 0.480. The molecule has 1 saturated heterocycles. The molecule has 3 atom stereocenters. The lowest BCUT2D eigenvalue weighted by Crippen LogP contribution is -2.52. The lowest BCUT2D eigenvalue weighted by molar-refractivity contribution is -0.129. The Balaban J connectivity index is 1.81. The lowest BCUT2D eigenvalue weighted by Gasteiger charge is -2.41. The van der Waals surface area contributed by atoms with E-state index in [1.807, 2.05) is 0 Å². The summed E-state index contributed by atoms with van der Waals surface area (Å²) in [6, 6.07) is -1.21. The van der Waals surface area contributed by atoms with Crippen molar-refractivity contribution in [3.63, 3.8) is 0 Å². The van der Waals surface area contributed by atoms with Crippen molar-refractivity contribution in [2.75, 3.05) is 11.4 Å². The third kappa shape index (κ3) is 7.04. The number of carbonyl (C=O) groups excluding carboxylic acids is 2. The average molecular weight is 625 g/mol. The van der Waals surface area contributed by atoms with E-state index in [0.717, 1.165) is 16.0 Å². The Labute approximate surface area is 236 Å². The molecular weight excluding hydrogens is 597 g/mol. The molecule has 0 bridgehead atoms. The molecule has 2 fully saturated rings. The van der Waals surface area contributed by atoms with Crippen LogP contribution in [0.2, 0.25) is 0 Å². The van der Waals surface area contributed by atoms with Crippen LogP contribution in [-0.2, 0) is 9.59 Å². The number of aliphatic hydroxyl groups is 1. The molecule has 2 N–H and O–H groups in total. The molecule has 2 aromatic rings. The summed E-state index contributed by atoms with van der Waals surface area (Å²) in [5.74, 6) is -4.85. The van der Waals surface area contributed by atoms with Gasteiger partial charge in [0.05, 0.1) is 18.3 Å². The van der Waals surface area contributed by atoms with Gasteiger partial charge in [-0.15, -0.1) is 0 Å². The van der Waals surface area contributed by atoms with Gasteiger partial charge in [-0.05, 0) is 50.1 Å². The number of anilines is 1. The van der Waals surface area contributed by atoms with Crippen LogP contribution in [0.15, 0.2) is 47.6 Å². The molecule has 2 amide bonds. The van der Waals surface area contributed by atoms with Crippen molar-refractivity contribution in [3.05, 3.63) is 48.3 Å². The molecule has 1 saturated carbocycles. The molecule has 42 heavy (non-hydrogen) atoms. The Morgan fingerprint density at radius 1 is 1.12 bits per heavy atom. The van der Waals surface area contributed by atoms with E-state index in [4.69, 9.17) is 0 Å². The second kappa shape index (κ2) is 9.97. The Morgan fingerprint density at radius 3 is 2.26 bits per heavy atom. The van der Waals surface area contributed by atoms with Crippen molar-refractivity contribution >= 4 is 27.7 Å². The topological polar surface area (TPSA) is 122 Å². The zero-order valence-corrected chi connectivity index (χ0v) is 22.9. The predicted molar refractivity (Wildman–Crippen MR) is 137 cm³/mol. The van der Waals surface area contributed by atoms with E-state index >= 15 is 0 Å². The smallest absolute Gasteiger partial charge is 0.310 e. The first kappa shape index (κ1) is 31.3. The van der Waals surface area contributed by atoms with E-state index in [2.05, 4.69) is 15.5 Å². The van der Waals surface area contributed by atoms with Crippen LogP contribution < -0.4 is 10.2 Å². The van der Waals surface area contributed by atoms with Crippen LogP contribution in [0.4, 0.5) is 33.9 Å². The molecule has 1 aliphatic carbocycles. The first-order valence-electron chi connectivity index (χ1n) is 12.7. The molecule has 9 nitrogen and oxygen atoms in total. The predicted octanol–water partition coefficient (Wildman–Crippen LogP) is 5.21. The summed E-state index contributed by atoms with van der Waals surface area (Å²) in [5.41, 5.74) is -1.94. The normalized spacial score (nSPS) is 25.0. The Bertz CT molecular complexity index is 1380. The van der Waals surface area contributed by atoms with E-state index in [1.54, 1.807) is 6.19 Å². The number of carbonyl (C=O) groups is 2. The minimum atomic E-state index is -10.1. The highest BCUT2D eigenvalue weighted by atomic mass is 32.5. The highest BCUT2D eigenvalue weighted by molar-refractivity contribution is 8.45. The number of hydrogen-bond acceptors (Lipinski definition) is 7. The number of likely N-dealkylation sites (tertiary alicyclic amines) is 1. The van der Waals surface area contributed by atoms with Crippen LogP contribution in [0.1, 0.15) is 50.6 Å². The van der Waals surface area contributed by atoms with E-state index in [9.17, 15) is 48.2 Å². The van der Waals surface area contributed by atoms with Gasteiger partial charge in [-0.25, -0.2) is 8.78 Å². The number of alkyl halides is 2. The molecule has 2 aliphatic rings. The minimum Gasteiger partial charge on any atom is -0.388 e. The second-order valence-electron chi connectivity index (χ2n) is 10.8. The van der Waals surface area contributed by atoms with Crippen molar-refractivity contribution in [2.24, 2.45) is 0 Å². The molecule has 230 valence electrons. The Hall–Kier alpha value is -3.65. The first-order valence-corrected chi connectivity index (χ1v) is 14.7. The van der Waals surface area contributed by atoms with Gasteiger partial charge in [0, 0.05) is 42.8 Å². The standard InChI is InChI=1S/C25H27F7N6O3S/c1-24(41)12-20(37(14-24)15-33)23(40)38(18-2-4-19(5-3-18)42(28,29,30,31)32)21(16-8-11-34-35-13-16)22(39)36-17-6-9-25(26,27)10-7-17/h2-5,8,11,13,17,20-21,41H,6-7,9-10,12,14H2,1H3,(H,36,39). The van der Waals surface area contributed by atoms with Crippen LogP contribution in [0.25, 0.3) is 0 Å². The van der Waals surface area contributed by atoms with Crippen LogP contribution in [-0.4, -0.2) is 62.2 Å². The molecule has 0 spiro atoms. The zero-order valence-electron chi connectivity index (χ0n) is 22.1. The third-order valence-corrected chi connectivity index (χ3v) is 8.39. The number of rotatable bonds is 7. The zero-order chi connectivity index (χ0) is 31.2. The van der Waals surface area contributed by atoms with E-state index < -0.39 is 75.1 Å². The van der Waals surface area contributed by atoms with Crippen LogP contribution in [0.3, 0.4) is 0 Å². The summed E-state index contributed by atoms with van der Waals surface area (Å²) in [5, 5.41) is 30.1. The lowest BCUT2D eigenvalue weighted by atomic mass is 9.91. The second-order valence-corrected chi connectivity index (χ2v) is 13.2. The van der Waals surface area contributed by atoms with E-state index in [1.165, 1.54) is 19.2 Å². The fourth-order valence-electron chi connectivity index (χ4n) is 5.17. The van der Waals surface area contributed by atoms with Crippen molar-refractivity contribution in [1.29, 1.82) is 5.26 Å². The first-order chi connectivity index (χ1) is 19.2. The van der Waals surface area contributed by atoms with E-state index in [0.29, 0.717) is 12.1 Å². The number of amides is 2. The molecule has 1 aliphatic heterocycles. The van der Waals surface area contributed by atoms with Gasteiger partial charge in [-0.3, -0.25) is 19.4 Å². The maximum absolute atomic E-state index is 14.1. The highest BCUT2D eigenvalue weighted by Crippen LogP contribution is 3.02. The average Bonchev–Trinajstić information content (AvgIpc) is 3.22. The highest BCUT2D eigenvalue weighted by Gasteiger charge is 2.65. The van der Waals surface area contributed by atoms with E-state index in [-0.39, 0.29) is 43.5 Å². The number of β-amino-alcohol motifs (C(OH)–C–C–N with tert-alkyl or cyclic N) is 1. The minimum absolute atomic E-state index is 0.00189. The van der Waals surface area contributed by atoms with Gasteiger partial charge >= 0.3 is 10.2 Å². The van der Waals surface area contributed by atoms with Crippen LogP contribution in [0, 0.1) is 11.5 Å². The van der Waals surface area contributed by atoms with Gasteiger partial charge in [-0.1, -0.05) is 19.4 Å². The molecular formula is C25H27F7N6O3S. The monoisotopic (exact) mass is 624 g/mol. The van der Waals surface area contributed by atoms with Gasteiger partial charge in [0.2, 0.25) is 11.8 Å². The summed E-state index contributed by atoms with van der Waals surface area (Å²) >= 11 is 0. The number of aromatic nitrogens is 2. The quantitative estimate of drug-likeness (QED) is 0.321. The number of nitrogens with one attached hydrogen (secondary N) is 1. The largest absolute Gasteiger partial charge is 0.388 e. The van der Waals surface area contributed by atoms with Gasteiger partial charge in [0.25, 0.3) is 5.91 Å². The number of hydrogen-bond donors (Lipinski definition) is 2. The fourth-order valence-corrected chi connectivity index (χ4v) is 5.82. The third-order valence-electron chi connectivity index (χ3n) is 7.22. The summed E-state index contributed by atoms with van der Waals surface area (Å²) in [6.07, 6.45) is 2.51. The molecule has 3 unspecified atom stereocenters. The SMILES string of the molecule is CC1(O)CC(C(=O)N(c2ccc(S(F)(F)(F)(F)F)cc2)C(C(=O)NC2CCC(F)(F)CC2)c2ccnnc2)N(C#N)C1. The molecule has 4 rings (SSSR count). The molecule has 2 heterocycles. The van der Waals surface area contributed by atoms with Crippen molar-refractivity contribution in [1.82, 2.24) is 20.4 Å². The van der Waals surface area contributed by atoms with Gasteiger partial charge < -0.3 is 10.4 Å². The molecule has 1 aromatic heterocycles. The number of nitriles is 1. The number of halogens is 7. The number of nitrogens with zero attached hydrogens (tertiary/aromatic N) is 5. The van der Waals surface area contributed by atoms with Crippen LogP contribution in [0.5, 0.6) is 0 Å². The maximum Gasteiger partial charge on any atom is 0.310 e. The number of benzene rings is 1. The summed E-state index contributed by atoms with van der Waals surface area (Å²) in [7, 11) is -10.1. The summed E-state index contributed by atoms with van der Waals surface area (Å²) in [6.45, 7) is 1.08. The van der Waals surface area contributed by atoms with Gasteiger partial charge in [0.1, 0.15) is 17.0 Å². The van der Waals surface area contributed by atoms with Crippen molar-refractivity contribution in [2.45, 2.75) is 73.6 Å². The van der Waals surface area contributed by atoms with Crippen molar-refractivity contribution < 1.29 is 42.9 Å². The van der Waals surface area contributed by atoms with Crippen LogP contribution >= 0.6 is 10.2 Å². The van der Waals surface area contributed by atoms with Crippen molar-refractivity contribution in [3.8, 4) is 6.19 Å². The Morgan fingerprint density at radius 2 is 1.74 bits per heavy atom. The molecule has 1 aromatic carbocycles. The van der Waals surface area contributed by atoms with Gasteiger partial charge in [0.15, 0.2) is 6.19 Å². The summed E-state index contributed by atoms with van der Waals surface area (Å²) < 4.78 is 94.7. The van der Waals surface area contributed by atoms with Gasteiger partial charge in [-0.2, -0.15) is 15.5 Å². The molecule has 17 heteroatoms. The maximum atomic E-state index is 14.1. The summed E-state index contributed by atoms with van der Waals surface area (Å²) in [4.78, 5) is 27.2.